The molecule has 0 amide bonds. The van der Waals surface area contributed by atoms with E-state index in [0.29, 0.717) is 41.0 Å². The molecule has 0 saturated carbocycles. The third-order valence-electron chi connectivity index (χ3n) is 4.52. The lowest BCUT2D eigenvalue weighted by molar-refractivity contribution is 0.210. The van der Waals surface area contributed by atoms with Crippen LogP contribution in [0.5, 0.6) is 5.75 Å². The van der Waals surface area contributed by atoms with Crippen LogP contribution in [0.15, 0.2) is 27.8 Å². The van der Waals surface area contributed by atoms with Crippen molar-refractivity contribution in [3.63, 3.8) is 0 Å². The average molecular weight is 408 g/mol. The predicted octanol–water partition coefficient (Wildman–Crippen LogP) is 1.20. The van der Waals surface area contributed by atoms with Gasteiger partial charge in [0, 0.05) is 32.8 Å². The first kappa shape index (κ1) is 20.0. The average Bonchev–Trinajstić information content (AvgIpc) is 3.05. The molecule has 1 aromatic carbocycles. The van der Waals surface area contributed by atoms with Crippen LogP contribution in [-0.4, -0.2) is 46.1 Å². The molecule has 150 valence electrons. The van der Waals surface area contributed by atoms with Gasteiger partial charge >= 0.3 is 5.69 Å². The van der Waals surface area contributed by atoms with Gasteiger partial charge in [-0.2, -0.15) is 4.98 Å². The Morgan fingerprint density at radius 3 is 2.61 bits per heavy atom. The van der Waals surface area contributed by atoms with Crippen LogP contribution in [-0.2, 0) is 25.4 Å². The van der Waals surface area contributed by atoms with E-state index in [9.17, 15) is 9.59 Å². The van der Waals surface area contributed by atoms with Crippen LogP contribution >= 0.6 is 11.6 Å². The maximum Gasteiger partial charge on any atom is 0.332 e. The third kappa shape index (κ3) is 3.50. The summed E-state index contributed by atoms with van der Waals surface area (Å²) in [5, 5.41) is 3.69. The van der Waals surface area contributed by atoms with Crippen molar-refractivity contribution < 1.29 is 9.47 Å². The van der Waals surface area contributed by atoms with Gasteiger partial charge in [-0.15, -0.1) is 0 Å². The zero-order chi connectivity index (χ0) is 20.4. The molecule has 0 spiro atoms. The van der Waals surface area contributed by atoms with E-state index in [0.717, 1.165) is 10.1 Å². The summed E-state index contributed by atoms with van der Waals surface area (Å²) in [4.78, 5) is 29.6. The number of imidazole rings is 1. The van der Waals surface area contributed by atoms with E-state index >= 15 is 0 Å². The lowest BCUT2D eigenvalue weighted by Crippen LogP contribution is -2.37. The van der Waals surface area contributed by atoms with E-state index in [1.165, 1.54) is 11.6 Å². The van der Waals surface area contributed by atoms with Gasteiger partial charge in [-0.1, -0.05) is 11.6 Å². The smallest absolute Gasteiger partial charge is 0.332 e. The van der Waals surface area contributed by atoms with Crippen molar-refractivity contribution in [3.8, 4) is 5.75 Å². The van der Waals surface area contributed by atoms with Gasteiger partial charge in [0.25, 0.3) is 5.56 Å². The highest BCUT2D eigenvalue weighted by molar-refractivity contribution is 6.31. The van der Waals surface area contributed by atoms with Gasteiger partial charge in [0.15, 0.2) is 11.2 Å². The summed E-state index contributed by atoms with van der Waals surface area (Å²) in [6.45, 7) is 1.22. The van der Waals surface area contributed by atoms with Crippen molar-refractivity contribution in [2.24, 2.45) is 14.1 Å². The number of hydrogen-bond acceptors (Lipinski definition) is 6. The summed E-state index contributed by atoms with van der Waals surface area (Å²) in [5.74, 6) is 1.10. The minimum absolute atomic E-state index is 0.273. The summed E-state index contributed by atoms with van der Waals surface area (Å²) in [7, 11) is 6.19. The van der Waals surface area contributed by atoms with Crippen molar-refractivity contribution in [2.75, 3.05) is 32.7 Å². The zero-order valence-corrected chi connectivity index (χ0v) is 16.9. The molecule has 3 aromatic rings. The number of rotatable bonds is 7. The Morgan fingerprint density at radius 1 is 1.18 bits per heavy atom. The van der Waals surface area contributed by atoms with E-state index < -0.39 is 11.2 Å². The summed E-state index contributed by atoms with van der Waals surface area (Å²) >= 11 is 6.36. The topological polar surface area (TPSA) is 92.3 Å². The molecule has 0 saturated heterocycles. The largest absolute Gasteiger partial charge is 0.497 e. The molecule has 1 N–H and O–H groups in total. The molecule has 0 aliphatic carbocycles. The lowest BCUT2D eigenvalue weighted by atomic mass is 10.2. The van der Waals surface area contributed by atoms with Crippen molar-refractivity contribution in [2.45, 2.75) is 6.54 Å². The van der Waals surface area contributed by atoms with Crippen molar-refractivity contribution in [1.82, 2.24) is 18.7 Å². The van der Waals surface area contributed by atoms with Gasteiger partial charge in [-0.05, 0) is 23.8 Å². The monoisotopic (exact) mass is 407 g/mol. The van der Waals surface area contributed by atoms with Gasteiger partial charge in [0.1, 0.15) is 5.75 Å². The quantitative estimate of drug-likeness (QED) is 0.592. The second-order valence-electron chi connectivity index (χ2n) is 6.28. The number of nitrogens with one attached hydrogen (secondary N) is 1. The van der Waals surface area contributed by atoms with Crippen molar-refractivity contribution in [3.05, 3.63) is 49.6 Å². The molecule has 2 heterocycles. The first-order valence-electron chi connectivity index (χ1n) is 8.60. The van der Waals surface area contributed by atoms with E-state index in [-0.39, 0.29) is 6.54 Å². The van der Waals surface area contributed by atoms with Gasteiger partial charge in [-0.25, -0.2) is 4.79 Å². The number of halogens is 1. The fraction of sp³-hybridized carbons (Fsp3) is 0.389. The number of methoxy groups -OCH3 is 2. The first-order chi connectivity index (χ1) is 13.4. The molecule has 0 bridgehead atoms. The Morgan fingerprint density at radius 2 is 1.93 bits per heavy atom. The molecular formula is C18H22ClN5O4. The molecule has 2 aromatic heterocycles. The standard InChI is InChI=1S/C18H22ClN5O4/c1-22-15-14(16(25)23(2)18(22)26)24(17(21-15)20-7-8-27-3)10-11-9-12(28-4)5-6-13(11)19/h5-6,9H,7-8,10H2,1-4H3,(H,20,21). The van der Waals surface area contributed by atoms with Crippen LogP contribution in [0.25, 0.3) is 11.2 Å². The van der Waals surface area contributed by atoms with Crippen LogP contribution in [0.1, 0.15) is 5.56 Å². The molecule has 0 radical (unpaired) electrons. The Balaban J connectivity index is 2.22. The molecule has 28 heavy (non-hydrogen) atoms. The van der Waals surface area contributed by atoms with Crippen LogP contribution < -0.4 is 21.3 Å². The maximum atomic E-state index is 12.8. The van der Waals surface area contributed by atoms with Crippen molar-refractivity contribution >= 4 is 28.7 Å². The number of fused-ring (bicyclic) bond motifs is 1. The highest BCUT2D eigenvalue weighted by Crippen LogP contribution is 2.25. The Kier molecular flexibility index (Phi) is 5.76. The molecular weight excluding hydrogens is 386 g/mol. The molecule has 0 unspecified atom stereocenters. The van der Waals surface area contributed by atoms with E-state index in [4.69, 9.17) is 21.1 Å². The molecule has 10 heteroatoms. The second-order valence-corrected chi connectivity index (χ2v) is 6.68. The summed E-state index contributed by atoms with van der Waals surface area (Å²) in [6, 6.07) is 5.30. The van der Waals surface area contributed by atoms with Gasteiger partial charge in [0.05, 0.1) is 20.3 Å². The van der Waals surface area contributed by atoms with Crippen LogP contribution in [0.3, 0.4) is 0 Å². The van der Waals surface area contributed by atoms with Gasteiger partial charge in [-0.3, -0.25) is 18.5 Å². The zero-order valence-electron chi connectivity index (χ0n) is 16.2. The number of nitrogens with zero attached hydrogens (tertiary/aromatic N) is 4. The molecule has 9 nitrogen and oxygen atoms in total. The molecule has 0 aliphatic heterocycles. The van der Waals surface area contributed by atoms with Crippen molar-refractivity contribution in [1.29, 1.82) is 0 Å². The molecule has 0 atom stereocenters. The van der Waals surface area contributed by atoms with E-state index in [2.05, 4.69) is 10.3 Å². The van der Waals surface area contributed by atoms with E-state index in [1.807, 2.05) is 0 Å². The Labute approximate surface area is 166 Å². The molecule has 0 fully saturated rings. The number of ether oxygens (including phenoxy) is 2. The lowest BCUT2D eigenvalue weighted by Gasteiger charge is -2.13. The first-order valence-corrected chi connectivity index (χ1v) is 8.98. The Bertz CT molecular complexity index is 1130. The predicted molar refractivity (Wildman–Crippen MR) is 108 cm³/mol. The number of anilines is 1. The summed E-state index contributed by atoms with van der Waals surface area (Å²) in [6.07, 6.45) is 0. The SMILES string of the molecule is COCCNc1nc2c(c(=O)n(C)c(=O)n2C)n1Cc1cc(OC)ccc1Cl. The van der Waals surface area contributed by atoms with Crippen LogP contribution in [0, 0.1) is 0 Å². The van der Waals surface area contributed by atoms with Crippen LogP contribution in [0.4, 0.5) is 5.95 Å². The van der Waals surface area contributed by atoms with E-state index in [1.54, 1.807) is 44.0 Å². The normalized spacial score (nSPS) is 11.2. The summed E-state index contributed by atoms with van der Waals surface area (Å²) in [5.41, 5.74) is 0.496. The minimum Gasteiger partial charge on any atom is -0.497 e. The third-order valence-corrected chi connectivity index (χ3v) is 4.89. The maximum absolute atomic E-state index is 12.8. The fourth-order valence-corrected chi connectivity index (χ4v) is 3.15. The number of aryl methyl sites for hydroxylation is 1. The number of hydrogen-bond donors (Lipinski definition) is 1. The second kappa shape index (κ2) is 8.07. The molecule has 3 rings (SSSR count). The molecule has 0 aliphatic rings. The van der Waals surface area contributed by atoms with Gasteiger partial charge < -0.3 is 14.8 Å². The Hall–Kier alpha value is -2.78. The van der Waals surface area contributed by atoms with Crippen LogP contribution in [0.2, 0.25) is 5.02 Å². The fourth-order valence-electron chi connectivity index (χ4n) is 2.97. The number of aromatic nitrogens is 4. The van der Waals surface area contributed by atoms with Gasteiger partial charge in [0.2, 0.25) is 5.95 Å². The minimum atomic E-state index is -0.440. The highest BCUT2D eigenvalue weighted by Gasteiger charge is 2.20. The summed E-state index contributed by atoms with van der Waals surface area (Å²) < 4.78 is 14.5. The highest BCUT2D eigenvalue weighted by atomic mass is 35.5. The number of benzene rings is 1.